The third-order valence-electron chi connectivity index (χ3n) is 2.98. The van der Waals surface area contributed by atoms with Gasteiger partial charge < -0.3 is 5.32 Å². The molecule has 0 aliphatic carbocycles. The first kappa shape index (κ1) is 14.9. The molecule has 102 valence electrons. The van der Waals surface area contributed by atoms with Gasteiger partial charge in [0.2, 0.25) is 0 Å². The van der Waals surface area contributed by atoms with Crippen LogP contribution in [0.3, 0.4) is 0 Å². The van der Waals surface area contributed by atoms with Crippen molar-refractivity contribution < 1.29 is 0 Å². The van der Waals surface area contributed by atoms with E-state index in [0.29, 0.717) is 10.0 Å². The Kier molecular flexibility index (Phi) is 4.01. The molecule has 2 rings (SSSR count). The maximum atomic E-state index is 6.33. The number of pyridine rings is 1. The summed E-state index contributed by atoms with van der Waals surface area (Å²) in [5.41, 5.74) is 2.65. The topological polar surface area (TPSA) is 24.9 Å². The number of hydrogen-bond donors (Lipinski definition) is 1. The average molecular weight is 362 g/mol. The number of halogens is 3. The van der Waals surface area contributed by atoms with Gasteiger partial charge in [-0.15, -0.1) is 0 Å². The summed E-state index contributed by atoms with van der Waals surface area (Å²) >= 11 is 15.9. The lowest BCUT2D eigenvalue weighted by Crippen LogP contribution is -2.14. The Morgan fingerprint density at radius 3 is 2.32 bits per heavy atom. The van der Waals surface area contributed by atoms with E-state index in [-0.39, 0.29) is 5.41 Å². The lowest BCUT2D eigenvalue weighted by atomic mass is 9.91. The fourth-order valence-electron chi connectivity index (χ4n) is 1.86. The molecular formula is C14H15BrCl2N2. The Hall–Kier alpha value is -0.510. The van der Waals surface area contributed by atoms with Gasteiger partial charge in [0, 0.05) is 33.7 Å². The zero-order valence-electron chi connectivity index (χ0n) is 11.2. The number of hydrogen-bond acceptors (Lipinski definition) is 2. The Morgan fingerprint density at radius 1 is 1.16 bits per heavy atom. The van der Waals surface area contributed by atoms with E-state index in [2.05, 4.69) is 53.1 Å². The van der Waals surface area contributed by atoms with Crippen LogP contribution in [-0.4, -0.2) is 12.0 Å². The van der Waals surface area contributed by atoms with Gasteiger partial charge in [0.15, 0.2) is 0 Å². The predicted octanol–water partition coefficient (Wildman–Crippen LogP) is 5.64. The zero-order chi connectivity index (χ0) is 14.4. The molecule has 0 bridgehead atoms. The summed E-state index contributed by atoms with van der Waals surface area (Å²) in [5.74, 6) is 0. The molecule has 0 unspecified atom stereocenters. The van der Waals surface area contributed by atoms with E-state index >= 15 is 0 Å². The highest BCUT2D eigenvalue weighted by atomic mass is 79.9. The lowest BCUT2D eigenvalue weighted by molar-refractivity contribution is 0.572. The van der Waals surface area contributed by atoms with Gasteiger partial charge in [0.25, 0.3) is 0 Å². The molecule has 1 heterocycles. The molecule has 1 aromatic carbocycles. The van der Waals surface area contributed by atoms with E-state index in [9.17, 15) is 0 Å². The van der Waals surface area contributed by atoms with Gasteiger partial charge >= 0.3 is 0 Å². The van der Waals surface area contributed by atoms with E-state index in [0.717, 1.165) is 26.8 Å². The molecule has 0 atom stereocenters. The first-order valence-electron chi connectivity index (χ1n) is 5.92. The van der Waals surface area contributed by atoms with E-state index in [1.54, 1.807) is 0 Å². The summed E-state index contributed by atoms with van der Waals surface area (Å²) in [6, 6.07) is 3.99. The highest BCUT2D eigenvalue weighted by Gasteiger charge is 2.20. The number of rotatable bonds is 1. The van der Waals surface area contributed by atoms with Crippen LogP contribution in [-0.2, 0) is 5.41 Å². The fraction of sp³-hybridized carbons (Fsp3) is 0.357. The zero-order valence-corrected chi connectivity index (χ0v) is 14.3. The van der Waals surface area contributed by atoms with Gasteiger partial charge in [-0.05, 0) is 28.1 Å². The number of nitrogens with zero attached hydrogens (tertiary/aromatic N) is 1. The van der Waals surface area contributed by atoms with Crippen LogP contribution in [0, 0.1) is 0 Å². The molecule has 1 aromatic heterocycles. The molecule has 0 aliphatic heterocycles. The second kappa shape index (κ2) is 5.12. The van der Waals surface area contributed by atoms with E-state index < -0.39 is 0 Å². The van der Waals surface area contributed by atoms with Crippen molar-refractivity contribution >= 4 is 55.7 Å². The molecule has 0 fully saturated rings. The molecule has 0 radical (unpaired) electrons. The molecule has 19 heavy (non-hydrogen) atoms. The summed E-state index contributed by atoms with van der Waals surface area (Å²) in [5, 5.41) is 5.12. The van der Waals surface area contributed by atoms with E-state index in [1.807, 2.05) is 13.1 Å². The second-order valence-corrected chi connectivity index (χ2v) is 7.05. The third-order valence-corrected chi connectivity index (χ3v) is 4.69. The van der Waals surface area contributed by atoms with Crippen molar-refractivity contribution in [3.8, 4) is 0 Å². The maximum Gasteiger partial charge on any atom is 0.0928 e. The smallest absolute Gasteiger partial charge is 0.0928 e. The van der Waals surface area contributed by atoms with Crippen LogP contribution in [0.1, 0.15) is 26.5 Å². The molecule has 0 spiro atoms. The third kappa shape index (κ3) is 2.69. The predicted molar refractivity (Wildman–Crippen MR) is 87.7 cm³/mol. The highest BCUT2D eigenvalue weighted by molar-refractivity contribution is 9.10. The molecule has 5 heteroatoms. The molecule has 2 nitrogen and oxygen atoms in total. The minimum absolute atomic E-state index is 0.0529. The second-order valence-electron chi connectivity index (χ2n) is 5.44. The molecular weight excluding hydrogens is 347 g/mol. The van der Waals surface area contributed by atoms with Gasteiger partial charge in [-0.3, -0.25) is 4.98 Å². The van der Waals surface area contributed by atoms with Gasteiger partial charge in [-0.25, -0.2) is 0 Å². The Labute approximate surface area is 131 Å². The number of benzene rings is 1. The minimum atomic E-state index is -0.0529. The van der Waals surface area contributed by atoms with Crippen LogP contribution in [0.25, 0.3) is 10.9 Å². The normalized spacial score (nSPS) is 11.9. The first-order valence-corrected chi connectivity index (χ1v) is 7.47. The number of nitrogens with one attached hydrogen (secondary N) is 1. The largest absolute Gasteiger partial charge is 0.388 e. The molecule has 2 aromatic rings. The summed E-state index contributed by atoms with van der Waals surface area (Å²) < 4.78 is 0.772. The van der Waals surface area contributed by atoms with Crippen molar-refractivity contribution in [2.24, 2.45) is 0 Å². The van der Waals surface area contributed by atoms with E-state index in [1.165, 1.54) is 0 Å². The number of fused-ring (bicyclic) bond motifs is 1. The van der Waals surface area contributed by atoms with Gasteiger partial charge in [0.05, 0.1) is 15.6 Å². The van der Waals surface area contributed by atoms with Gasteiger partial charge in [0.1, 0.15) is 0 Å². The van der Waals surface area contributed by atoms with Crippen LogP contribution in [0.2, 0.25) is 10.0 Å². The van der Waals surface area contributed by atoms with Crippen molar-refractivity contribution in [2.45, 2.75) is 26.2 Å². The van der Waals surface area contributed by atoms with Crippen molar-refractivity contribution in [1.29, 1.82) is 0 Å². The van der Waals surface area contributed by atoms with Crippen LogP contribution < -0.4 is 5.32 Å². The van der Waals surface area contributed by atoms with Crippen LogP contribution in [0.5, 0.6) is 0 Å². The first-order chi connectivity index (χ1) is 8.75. The average Bonchev–Trinajstić information content (AvgIpc) is 2.34. The van der Waals surface area contributed by atoms with Crippen LogP contribution in [0.4, 0.5) is 5.69 Å². The van der Waals surface area contributed by atoms with Crippen LogP contribution in [0.15, 0.2) is 16.6 Å². The Bertz CT molecular complexity index is 648. The Morgan fingerprint density at radius 2 is 1.79 bits per heavy atom. The summed E-state index contributed by atoms with van der Waals surface area (Å²) in [7, 11) is 1.89. The monoisotopic (exact) mass is 360 g/mol. The molecule has 0 saturated carbocycles. The summed E-state index contributed by atoms with van der Waals surface area (Å²) in [6.45, 7) is 6.36. The molecule has 0 amide bonds. The number of anilines is 1. The quantitative estimate of drug-likeness (QED) is 0.664. The lowest BCUT2D eigenvalue weighted by Gasteiger charge is -2.20. The fourth-order valence-corrected chi connectivity index (χ4v) is 2.79. The van der Waals surface area contributed by atoms with Crippen molar-refractivity contribution in [3.05, 3.63) is 32.3 Å². The standard InChI is InChI=1S/C14H15BrCl2N2/c1-14(2,3)10-6-9(18-4)7-5-8(15)11(16)12(17)13(7)19-10/h5-6H,1-4H3,(H,18,19). The highest BCUT2D eigenvalue weighted by Crippen LogP contribution is 2.40. The maximum absolute atomic E-state index is 6.33. The molecule has 0 saturated heterocycles. The Balaban J connectivity index is 2.90. The van der Waals surface area contributed by atoms with E-state index in [4.69, 9.17) is 23.2 Å². The molecule has 0 aliphatic rings. The minimum Gasteiger partial charge on any atom is -0.388 e. The van der Waals surface area contributed by atoms with Crippen molar-refractivity contribution in [1.82, 2.24) is 4.98 Å². The number of aromatic nitrogens is 1. The summed E-state index contributed by atoms with van der Waals surface area (Å²) in [4.78, 5) is 4.68. The van der Waals surface area contributed by atoms with Gasteiger partial charge in [-0.1, -0.05) is 44.0 Å². The van der Waals surface area contributed by atoms with Crippen molar-refractivity contribution in [3.63, 3.8) is 0 Å². The molecule has 1 N–H and O–H groups in total. The van der Waals surface area contributed by atoms with Crippen molar-refractivity contribution in [2.75, 3.05) is 12.4 Å². The van der Waals surface area contributed by atoms with Gasteiger partial charge in [-0.2, -0.15) is 0 Å². The van der Waals surface area contributed by atoms with Crippen LogP contribution >= 0.6 is 39.1 Å². The SMILES string of the molecule is CNc1cc(C(C)(C)C)nc2c(Cl)c(Cl)c(Br)cc12. The summed E-state index contributed by atoms with van der Waals surface area (Å²) in [6.07, 6.45) is 0.